The highest BCUT2D eigenvalue weighted by Crippen LogP contribution is 2.23. The molecule has 1 N–H and O–H groups in total. The second-order valence-corrected chi connectivity index (χ2v) is 4.51. The van der Waals surface area contributed by atoms with E-state index in [9.17, 15) is 0 Å². The fourth-order valence-electron chi connectivity index (χ4n) is 2.11. The van der Waals surface area contributed by atoms with E-state index in [0.29, 0.717) is 0 Å². The van der Waals surface area contributed by atoms with Crippen molar-refractivity contribution in [2.75, 3.05) is 20.3 Å². The van der Waals surface area contributed by atoms with E-state index in [4.69, 9.17) is 9.15 Å². The van der Waals surface area contributed by atoms with Crippen molar-refractivity contribution in [3.05, 3.63) is 35.6 Å². The zero-order valence-corrected chi connectivity index (χ0v) is 11.2. The summed E-state index contributed by atoms with van der Waals surface area (Å²) < 4.78 is 10.6. The van der Waals surface area contributed by atoms with Gasteiger partial charge in [-0.15, -0.1) is 0 Å². The number of rotatable bonds is 7. The number of methoxy groups -OCH3 is 1. The minimum absolute atomic E-state index is 0.733. The van der Waals surface area contributed by atoms with Gasteiger partial charge in [0, 0.05) is 31.1 Å². The Kier molecular flexibility index (Phi) is 4.79. The lowest BCUT2D eigenvalue weighted by atomic mass is 10.1. The van der Waals surface area contributed by atoms with Gasteiger partial charge in [-0.2, -0.15) is 0 Å². The molecule has 18 heavy (non-hydrogen) atoms. The van der Waals surface area contributed by atoms with Gasteiger partial charge in [0.2, 0.25) is 0 Å². The summed E-state index contributed by atoms with van der Waals surface area (Å²) in [4.78, 5) is 0. The average molecular weight is 247 g/mol. The van der Waals surface area contributed by atoms with E-state index in [1.165, 1.54) is 22.9 Å². The van der Waals surface area contributed by atoms with Crippen molar-refractivity contribution in [2.24, 2.45) is 0 Å². The molecule has 0 bridgehead atoms. The maximum Gasteiger partial charge on any atom is 0.134 e. The van der Waals surface area contributed by atoms with Crippen LogP contribution in [0.1, 0.15) is 24.5 Å². The molecule has 1 heterocycles. The van der Waals surface area contributed by atoms with Gasteiger partial charge in [-0.25, -0.2) is 0 Å². The third-order valence-electron chi connectivity index (χ3n) is 3.06. The molecule has 0 saturated heterocycles. The molecule has 2 aromatic rings. The van der Waals surface area contributed by atoms with E-state index in [1.54, 1.807) is 7.11 Å². The summed E-state index contributed by atoms with van der Waals surface area (Å²) in [6, 6.07) is 6.46. The highest BCUT2D eigenvalue weighted by molar-refractivity contribution is 5.81. The molecule has 0 radical (unpaired) electrons. The van der Waals surface area contributed by atoms with Gasteiger partial charge in [-0.3, -0.25) is 0 Å². The predicted octanol–water partition coefficient (Wildman–Crippen LogP) is 3.12. The second-order valence-electron chi connectivity index (χ2n) is 4.51. The van der Waals surface area contributed by atoms with Gasteiger partial charge in [-0.05, 0) is 24.1 Å². The molecule has 0 unspecified atom stereocenters. The monoisotopic (exact) mass is 247 g/mol. The summed E-state index contributed by atoms with van der Waals surface area (Å²) in [7, 11) is 1.71. The molecule has 0 saturated carbocycles. The highest BCUT2D eigenvalue weighted by atomic mass is 16.5. The molecule has 2 rings (SSSR count). The number of hydrogen-bond acceptors (Lipinski definition) is 3. The molecule has 0 aliphatic heterocycles. The highest BCUT2D eigenvalue weighted by Gasteiger charge is 2.06. The topological polar surface area (TPSA) is 34.4 Å². The van der Waals surface area contributed by atoms with Gasteiger partial charge in [0.1, 0.15) is 5.58 Å². The summed E-state index contributed by atoms with van der Waals surface area (Å²) in [6.07, 6.45) is 4.14. The van der Waals surface area contributed by atoms with Crippen LogP contribution in [-0.4, -0.2) is 20.3 Å². The molecule has 0 aliphatic rings. The summed E-state index contributed by atoms with van der Waals surface area (Å²) in [5.74, 6) is 0. The molecule has 0 fully saturated rings. The minimum atomic E-state index is 0.733. The smallest absolute Gasteiger partial charge is 0.134 e. The molecule has 0 spiro atoms. The van der Waals surface area contributed by atoms with Crippen LogP contribution in [0.4, 0.5) is 0 Å². The fourth-order valence-corrected chi connectivity index (χ4v) is 2.11. The summed E-state index contributed by atoms with van der Waals surface area (Å²) >= 11 is 0. The van der Waals surface area contributed by atoms with Crippen molar-refractivity contribution in [3.63, 3.8) is 0 Å². The number of ether oxygens (including phenoxy) is 1. The molecule has 3 heteroatoms. The Bertz CT molecular complexity index is 490. The van der Waals surface area contributed by atoms with Crippen LogP contribution in [0.2, 0.25) is 0 Å². The SMILES string of the molecule is CCCc1ccc2occ(CNCCOC)c2c1. The van der Waals surface area contributed by atoms with Gasteiger partial charge in [-0.1, -0.05) is 19.4 Å². The van der Waals surface area contributed by atoms with Crippen molar-refractivity contribution in [2.45, 2.75) is 26.3 Å². The first kappa shape index (κ1) is 13.1. The van der Waals surface area contributed by atoms with Crippen LogP contribution in [0.25, 0.3) is 11.0 Å². The molecule has 0 amide bonds. The zero-order valence-electron chi connectivity index (χ0n) is 11.2. The van der Waals surface area contributed by atoms with Crippen molar-refractivity contribution >= 4 is 11.0 Å². The first-order valence-corrected chi connectivity index (χ1v) is 6.53. The molecule has 0 atom stereocenters. The van der Waals surface area contributed by atoms with Crippen LogP contribution in [-0.2, 0) is 17.7 Å². The first-order valence-electron chi connectivity index (χ1n) is 6.53. The Labute approximate surface area is 108 Å². The molecule has 3 nitrogen and oxygen atoms in total. The molecule has 0 aliphatic carbocycles. The van der Waals surface area contributed by atoms with Gasteiger partial charge < -0.3 is 14.5 Å². The average Bonchev–Trinajstić information content (AvgIpc) is 2.78. The van der Waals surface area contributed by atoms with Crippen molar-refractivity contribution < 1.29 is 9.15 Å². The minimum Gasteiger partial charge on any atom is -0.464 e. The van der Waals surface area contributed by atoms with Crippen LogP contribution in [0.5, 0.6) is 0 Å². The third kappa shape index (κ3) is 3.12. The van der Waals surface area contributed by atoms with Gasteiger partial charge >= 0.3 is 0 Å². The largest absolute Gasteiger partial charge is 0.464 e. The Morgan fingerprint density at radius 3 is 3.00 bits per heavy atom. The van der Waals surface area contributed by atoms with Crippen LogP contribution in [0, 0.1) is 0 Å². The maximum absolute atomic E-state index is 5.57. The molecule has 98 valence electrons. The standard InChI is InChI=1S/C15H21NO2/c1-3-4-12-5-6-15-14(9-12)13(11-18-15)10-16-7-8-17-2/h5-6,9,11,16H,3-4,7-8,10H2,1-2H3. The van der Waals surface area contributed by atoms with E-state index < -0.39 is 0 Å². The molecular formula is C15H21NO2. The first-order chi connectivity index (χ1) is 8.85. The third-order valence-corrected chi connectivity index (χ3v) is 3.06. The Morgan fingerprint density at radius 2 is 2.22 bits per heavy atom. The van der Waals surface area contributed by atoms with E-state index in [2.05, 4.69) is 30.4 Å². The van der Waals surface area contributed by atoms with Crippen LogP contribution < -0.4 is 5.32 Å². The Morgan fingerprint density at radius 1 is 1.33 bits per heavy atom. The lowest BCUT2D eigenvalue weighted by Crippen LogP contribution is -2.18. The number of furan rings is 1. The normalized spacial score (nSPS) is 11.2. The van der Waals surface area contributed by atoms with E-state index in [1.807, 2.05) is 6.26 Å². The van der Waals surface area contributed by atoms with E-state index in [-0.39, 0.29) is 0 Å². The zero-order chi connectivity index (χ0) is 12.8. The number of hydrogen-bond donors (Lipinski definition) is 1. The second kappa shape index (κ2) is 6.57. The van der Waals surface area contributed by atoms with Gasteiger partial charge in [0.15, 0.2) is 0 Å². The van der Waals surface area contributed by atoms with Crippen LogP contribution in [0.15, 0.2) is 28.9 Å². The van der Waals surface area contributed by atoms with Crippen molar-refractivity contribution in [1.29, 1.82) is 0 Å². The molecular weight excluding hydrogens is 226 g/mol. The molecule has 1 aromatic carbocycles. The predicted molar refractivity (Wildman–Crippen MR) is 73.8 cm³/mol. The Hall–Kier alpha value is -1.32. The summed E-state index contributed by atoms with van der Waals surface area (Å²) in [5.41, 5.74) is 3.57. The summed E-state index contributed by atoms with van der Waals surface area (Å²) in [5, 5.41) is 4.57. The van der Waals surface area contributed by atoms with E-state index >= 15 is 0 Å². The van der Waals surface area contributed by atoms with Gasteiger partial charge in [0.25, 0.3) is 0 Å². The quantitative estimate of drug-likeness (QED) is 0.763. The Balaban J connectivity index is 2.09. The van der Waals surface area contributed by atoms with Crippen LogP contribution >= 0.6 is 0 Å². The van der Waals surface area contributed by atoms with Crippen molar-refractivity contribution in [3.8, 4) is 0 Å². The number of fused-ring (bicyclic) bond motifs is 1. The number of aryl methyl sites for hydroxylation is 1. The summed E-state index contributed by atoms with van der Waals surface area (Å²) in [6.45, 7) is 4.62. The van der Waals surface area contributed by atoms with Gasteiger partial charge in [0.05, 0.1) is 12.9 Å². The number of benzene rings is 1. The lowest BCUT2D eigenvalue weighted by Gasteiger charge is -2.03. The maximum atomic E-state index is 5.57. The fraction of sp³-hybridized carbons (Fsp3) is 0.467. The number of nitrogens with one attached hydrogen (secondary N) is 1. The molecule has 1 aromatic heterocycles. The van der Waals surface area contributed by atoms with Crippen molar-refractivity contribution in [1.82, 2.24) is 5.32 Å². The van der Waals surface area contributed by atoms with Crippen LogP contribution in [0.3, 0.4) is 0 Å². The lowest BCUT2D eigenvalue weighted by molar-refractivity contribution is 0.199. The van der Waals surface area contributed by atoms with E-state index in [0.717, 1.165) is 31.7 Å².